The minimum atomic E-state index is -0.368. The van der Waals surface area contributed by atoms with Crippen LogP contribution in [0.3, 0.4) is 0 Å². The fraction of sp³-hybridized carbons (Fsp3) is 0.333. The van der Waals surface area contributed by atoms with E-state index in [0.717, 1.165) is 0 Å². The van der Waals surface area contributed by atoms with Gasteiger partial charge in [0, 0.05) is 32.4 Å². The SMILES string of the molecule is CCOC(=O)N1CCN(C(=O)c2ccccc2NC=C(C#N)C#N)CC1. The molecule has 8 nitrogen and oxygen atoms in total. The Bertz CT molecular complexity index is 767. The van der Waals surface area contributed by atoms with E-state index in [-0.39, 0.29) is 17.6 Å². The predicted octanol–water partition coefficient (Wildman–Crippen LogP) is 1.94. The summed E-state index contributed by atoms with van der Waals surface area (Å²) in [4.78, 5) is 27.8. The van der Waals surface area contributed by atoms with Gasteiger partial charge in [-0.3, -0.25) is 4.79 Å². The molecule has 134 valence electrons. The number of amides is 2. The van der Waals surface area contributed by atoms with Gasteiger partial charge in [-0.15, -0.1) is 0 Å². The third-order valence-corrected chi connectivity index (χ3v) is 3.86. The number of benzene rings is 1. The first-order chi connectivity index (χ1) is 12.6. The Morgan fingerprint density at radius 2 is 1.77 bits per heavy atom. The van der Waals surface area contributed by atoms with Crippen molar-refractivity contribution in [2.75, 3.05) is 38.1 Å². The number of allylic oxidation sites excluding steroid dienone is 1. The third kappa shape index (κ3) is 4.52. The second kappa shape index (κ2) is 9.09. The lowest BCUT2D eigenvalue weighted by Crippen LogP contribution is -2.50. The summed E-state index contributed by atoms with van der Waals surface area (Å²) >= 11 is 0. The van der Waals surface area contributed by atoms with Crippen molar-refractivity contribution in [2.45, 2.75) is 6.92 Å². The van der Waals surface area contributed by atoms with Crippen LogP contribution in [0.5, 0.6) is 0 Å². The van der Waals surface area contributed by atoms with Crippen molar-refractivity contribution in [1.82, 2.24) is 9.80 Å². The molecule has 0 spiro atoms. The van der Waals surface area contributed by atoms with Crippen LogP contribution in [-0.2, 0) is 4.74 Å². The summed E-state index contributed by atoms with van der Waals surface area (Å²) in [6.45, 7) is 3.70. The van der Waals surface area contributed by atoms with Crippen molar-refractivity contribution < 1.29 is 14.3 Å². The number of hydrogen-bond acceptors (Lipinski definition) is 6. The molecule has 2 amide bonds. The Hall–Kier alpha value is -3.52. The molecule has 1 fully saturated rings. The van der Waals surface area contributed by atoms with Crippen molar-refractivity contribution in [3.05, 3.63) is 41.6 Å². The number of ether oxygens (including phenoxy) is 1. The quantitative estimate of drug-likeness (QED) is 0.829. The maximum atomic E-state index is 12.8. The second-order valence-corrected chi connectivity index (χ2v) is 5.45. The lowest BCUT2D eigenvalue weighted by atomic mass is 10.1. The predicted molar refractivity (Wildman–Crippen MR) is 93.9 cm³/mol. The number of nitriles is 2. The summed E-state index contributed by atoms with van der Waals surface area (Å²) < 4.78 is 4.97. The number of piperazine rings is 1. The van der Waals surface area contributed by atoms with Crippen LogP contribution < -0.4 is 5.32 Å². The molecule has 1 saturated heterocycles. The van der Waals surface area contributed by atoms with Gasteiger partial charge < -0.3 is 19.9 Å². The normalized spacial score (nSPS) is 13.2. The fourth-order valence-corrected chi connectivity index (χ4v) is 2.51. The number of carbonyl (C=O) groups excluding carboxylic acids is 2. The first-order valence-electron chi connectivity index (χ1n) is 8.17. The van der Waals surface area contributed by atoms with E-state index in [9.17, 15) is 9.59 Å². The van der Waals surface area contributed by atoms with Gasteiger partial charge in [-0.25, -0.2) is 4.79 Å². The summed E-state index contributed by atoms with van der Waals surface area (Å²) in [7, 11) is 0. The monoisotopic (exact) mass is 353 g/mol. The highest BCUT2D eigenvalue weighted by Crippen LogP contribution is 2.19. The molecule has 0 unspecified atom stereocenters. The van der Waals surface area contributed by atoms with Gasteiger partial charge in [0.1, 0.15) is 17.7 Å². The van der Waals surface area contributed by atoms with Crippen molar-refractivity contribution in [3.63, 3.8) is 0 Å². The number of nitrogens with one attached hydrogen (secondary N) is 1. The Balaban J connectivity index is 2.07. The van der Waals surface area contributed by atoms with Gasteiger partial charge in [-0.2, -0.15) is 10.5 Å². The number of nitrogens with zero attached hydrogens (tertiary/aromatic N) is 4. The summed E-state index contributed by atoms with van der Waals surface area (Å²) in [6, 6.07) is 10.4. The van der Waals surface area contributed by atoms with Gasteiger partial charge >= 0.3 is 6.09 Å². The molecule has 8 heteroatoms. The molecular weight excluding hydrogens is 334 g/mol. The summed E-state index contributed by atoms with van der Waals surface area (Å²) in [5.41, 5.74) is 0.854. The molecular formula is C18H19N5O3. The molecule has 26 heavy (non-hydrogen) atoms. The highest BCUT2D eigenvalue weighted by atomic mass is 16.6. The molecule has 1 N–H and O–H groups in total. The third-order valence-electron chi connectivity index (χ3n) is 3.86. The van der Waals surface area contributed by atoms with Crippen LogP contribution in [0.25, 0.3) is 0 Å². The molecule has 1 aliphatic rings. The summed E-state index contributed by atoms with van der Waals surface area (Å²) in [6.07, 6.45) is 0.900. The van der Waals surface area contributed by atoms with Gasteiger partial charge in [0.25, 0.3) is 5.91 Å². The van der Waals surface area contributed by atoms with Gasteiger partial charge in [0.2, 0.25) is 0 Å². The summed E-state index contributed by atoms with van der Waals surface area (Å²) in [5, 5.41) is 20.4. The minimum absolute atomic E-state index is 0.0877. The Kier molecular flexibility index (Phi) is 6.58. The molecule has 0 bridgehead atoms. The van der Waals surface area contributed by atoms with E-state index in [0.29, 0.717) is 44.0 Å². The molecule has 0 atom stereocenters. The molecule has 0 radical (unpaired) electrons. The average molecular weight is 353 g/mol. The Morgan fingerprint density at radius 3 is 2.38 bits per heavy atom. The number of carbonyl (C=O) groups is 2. The van der Waals surface area contributed by atoms with Crippen LogP contribution in [0.2, 0.25) is 0 Å². The maximum absolute atomic E-state index is 12.8. The van der Waals surface area contributed by atoms with Crippen LogP contribution in [0, 0.1) is 22.7 Å². The lowest BCUT2D eigenvalue weighted by molar-refractivity contribution is 0.0571. The molecule has 0 aliphatic carbocycles. The van der Waals surface area contributed by atoms with E-state index in [1.54, 1.807) is 53.1 Å². The van der Waals surface area contributed by atoms with E-state index < -0.39 is 0 Å². The van der Waals surface area contributed by atoms with E-state index in [2.05, 4.69) is 5.32 Å². The van der Waals surface area contributed by atoms with Crippen molar-refractivity contribution in [3.8, 4) is 12.1 Å². The van der Waals surface area contributed by atoms with Crippen molar-refractivity contribution in [1.29, 1.82) is 10.5 Å². The van der Waals surface area contributed by atoms with Crippen molar-refractivity contribution >= 4 is 17.7 Å². The van der Waals surface area contributed by atoms with Crippen LogP contribution >= 0.6 is 0 Å². The first kappa shape index (κ1) is 18.8. The molecule has 0 saturated carbocycles. The minimum Gasteiger partial charge on any atom is -0.450 e. The van der Waals surface area contributed by atoms with Crippen LogP contribution in [0.1, 0.15) is 17.3 Å². The van der Waals surface area contributed by atoms with Gasteiger partial charge in [0.05, 0.1) is 17.9 Å². The van der Waals surface area contributed by atoms with E-state index in [1.807, 2.05) is 0 Å². The van der Waals surface area contributed by atoms with Crippen LogP contribution in [0.4, 0.5) is 10.5 Å². The molecule has 1 aromatic rings. The van der Waals surface area contributed by atoms with E-state index >= 15 is 0 Å². The number of rotatable bonds is 4. The molecule has 2 rings (SSSR count). The zero-order valence-electron chi connectivity index (χ0n) is 14.4. The average Bonchev–Trinajstić information content (AvgIpc) is 2.69. The fourth-order valence-electron chi connectivity index (χ4n) is 2.51. The first-order valence-corrected chi connectivity index (χ1v) is 8.17. The molecule has 1 aliphatic heterocycles. The number of anilines is 1. The lowest BCUT2D eigenvalue weighted by Gasteiger charge is -2.34. The standard InChI is InChI=1S/C18H19N5O3/c1-2-26-18(25)23-9-7-22(8-10-23)17(24)15-5-3-4-6-16(15)21-13-14(11-19)12-20/h3-6,13,21H,2,7-10H2,1H3. The molecule has 1 aromatic carbocycles. The van der Waals surface area contributed by atoms with Gasteiger partial charge in [-0.1, -0.05) is 12.1 Å². The highest BCUT2D eigenvalue weighted by molar-refractivity contribution is 6.00. The second-order valence-electron chi connectivity index (χ2n) is 5.45. The van der Waals surface area contributed by atoms with Crippen molar-refractivity contribution in [2.24, 2.45) is 0 Å². The van der Waals surface area contributed by atoms with E-state index in [4.69, 9.17) is 15.3 Å². The number of hydrogen-bond donors (Lipinski definition) is 1. The smallest absolute Gasteiger partial charge is 0.409 e. The van der Waals surface area contributed by atoms with E-state index in [1.165, 1.54) is 6.20 Å². The van der Waals surface area contributed by atoms with Crippen LogP contribution in [-0.4, -0.2) is 54.6 Å². The van der Waals surface area contributed by atoms with Crippen LogP contribution in [0.15, 0.2) is 36.0 Å². The zero-order chi connectivity index (χ0) is 18.9. The maximum Gasteiger partial charge on any atom is 0.409 e. The number of para-hydroxylation sites is 1. The zero-order valence-corrected chi connectivity index (χ0v) is 14.4. The summed E-state index contributed by atoms with van der Waals surface area (Å²) in [5.74, 6) is -0.180. The van der Waals surface area contributed by atoms with Gasteiger partial charge in [-0.05, 0) is 19.1 Å². The Labute approximate surface area is 151 Å². The largest absolute Gasteiger partial charge is 0.450 e. The Morgan fingerprint density at radius 1 is 1.15 bits per heavy atom. The topological polar surface area (TPSA) is 109 Å². The highest BCUT2D eigenvalue weighted by Gasteiger charge is 2.26. The molecule has 0 aromatic heterocycles. The van der Waals surface area contributed by atoms with Gasteiger partial charge in [0.15, 0.2) is 0 Å². The molecule has 1 heterocycles.